The van der Waals surface area contributed by atoms with E-state index < -0.39 is 0 Å². The van der Waals surface area contributed by atoms with Gasteiger partial charge in [0.25, 0.3) is 0 Å². The fraction of sp³-hybridized carbons (Fsp3) is 0.333. The van der Waals surface area contributed by atoms with E-state index in [1.165, 1.54) is 168 Å². The highest BCUT2D eigenvalue weighted by atomic mass is 14.8. The van der Waals surface area contributed by atoms with Crippen molar-refractivity contribution in [2.45, 2.75) is 171 Å². The van der Waals surface area contributed by atoms with Crippen molar-refractivity contribution >= 4 is 0 Å². The summed E-state index contributed by atoms with van der Waals surface area (Å²) in [6, 6.07) is 10.8. The molecule has 0 unspecified atom stereocenters. The lowest BCUT2D eigenvalue weighted by Gasteiger charge is -2.10. The summed E-state index contributed by atoms with van der Waals surface area (Å²) >= 11 is 0. The molecule has 5 aliphatic rings. The van der Waals surface area contributed by atoms with Crippen molar-refractivity contribution in [1.82, 2.24) is 49.8 Å². The van der Waals surface area contributed by atoms with Crippen LogP contribution in [0.25, 0.3) is 56.3 Å². The normalized spacial score (nSPS) is 12.5. The highest BCUT2D eigenvalue weighted by Gasteiger charge is 2.30. The molecule has 0 aromatic carbocycles. The van der Waals surface area contributed by atoms with E-state index in [-0.39, 0.29) is 0 Å². The van der Waals surface area contributed by atoms with E-state index >= 15 is 0 Å². The molecule has 10 nitrogen and oxygen atoms in total. The zero-order chi connectivity index (χ0) is 60.8. The minimum Gasteiger partial charge on any atom is -0.260 e. The Morgan fingerprint density at radius 1 is 0.259 bits per heavy atom. The molecule has 0 atom stereocenters. The first-order chi connectivity index (χ1) is 40.4. The molecule has 0 radical (unpaired) electrons. The molecule has 5 aliphatic carbocycles. The molecule has 10 heterocycles. The van der Waals surface area contributed by atoms with Crippen molar-refractivity contribution in [3.05, 3.63) is 230 Å². The van der Waals surface area contributed by atoms with Gasteiger partial charge in [0.2, 0.25) is 0 Å². The lowest BCUT2D eigenvalue weighted by atomic mass is 10.0. The standard InChI is InChI=1S/5C15H16N2/c1-8-7-17-15-12(10(8)3)5-13-14(15)11(4)9(2)6-16-13;1-8-5-13-14(17-11(8)4)6-12-10(3)9(2)7-16-15(12)13;1-8-5-10(3)17-13-6-12-11(4)9(2)7-16-15(12)14(8)13;1-8-5-13-14(16-7-8)6-12-10(3)9(2)11(4)17-15(12)13;1-8-5-6-12-14(16-8)7-13-10(3)9(2)11(4)17-15(12)13/h6-7H,5H2,1-4H3;3*5,7H,6H2,1-4H3;5-6H,7H2,1-4H3. The SMILES string of the molecule is Cc1cc(C)c2c(n1)Cc1c-2ncc(C)c1C.Cc1cc2c(nc1C)Cc1c-2ncc(C)c1C.Cc1ccc2c(n1)Cc1c-2nc(C)c(C)c1C.Cc1cnc2c(c1)-c1nc(C)c(C)c(C)c1C2.Cc1cnc2c(c1C)Cc1ncc(C)c(C)c1-2. The molecule has 15 rings (SSSR count). The third kappa shape index (κ3) is 10.5. The van der Waals surface area contributed by atoms with Gasteiger partial charge in [-0.15, -0.1) is 0 Å². The van der Waals surface area contributed by atoms with Crippen LogP contribution >= 0.6 is 0 Å². The molecule has 10 aromatic rings. The summed E-state index contributed by atoms with van der Waals surface area (Å²) in [5, 5.41) is 0. The molecule has 0 saturated heterocycles. The number of hydrogen-bond acceptors (Lipinski definition) is 10. The Bertz CT molecular complexity index is 4450. The van der Waals surface area contributed by atoms with E-state index in [1.54, 1.807) is 0 Å². The maximum Gasteiger partial charge on any atom is 0.0762 e. The van der Waals surface area contributed by atoms with Crippen LogP contribution in [0.2, 0.25) is 0 Å². The van der Waals surface area contributed by atoms with Gasteiger partial charge in [0.1, 0.15) is 0 Å². The fourth-order valence-electron chi connectivity index (χ4n) is 12.8. The number of rotatable bonds is 0. The van der Waals surface area contributed by atoms with Crippen LogP contribution in [0.5, 0.6) is 0 Å². The van der Waals surface area contributed by atoms with E-state index in [0.29, 0.717) is 0 Å². The Labute approximate surface area is 503 Å². The molecule has 85 heavy (non-hydrogen) atoms. The third-order valence-electron chi connectivity index (χ3n) is 19.2. The number of aromatic nitrogens is 10. The quantitative estimate of drug-likeness (QED) is 0.145. The summed E-state index contributed by atoms with van der Waals surface area (Å²) in [6.07, 6.45) is 14.5. The maximum absolute atomic E-state index is 4.76. The van der Waals surface area contributed by atoms with Gasteiger partial charge in [-0.2, -0.15) is 0 Å². The van der Waals surface area contributed by atoms with Crippen LogP contribution in [0, 0.1) is 138 Å². The topological polar surface area (TPSA) is 129 Å². The van der Waals surface area contributed by atoms with Gasteiger partial charge in [0.15, 0.2) is 0 Å². The summed E-state index contributed by atoms with van der Waals surface area (Å²) < 4.78 is 0. The van der Waals surface area contributed by atoms with E-state index in [2.05, 4.69) is 197 Å². The van der Waals surface area contributed by atoms with Gasteiger partial charge >= 0.3 is 0 Å². The van der Waals surface area contributed by atoms with Crippen LogP contribution in [0.1, 0.15) is 168 Å². The van der Waals surface area contributed by atoms with E-state index in [1.807, 2.05) is 37.9 Å². The molecule has 0 amide bonds. The lowest BCUT2D eigenvalue weighted by molar-refractivity contribution is 1.04. The number of fused-ring (bicyclic) bond motifs is 15. The predicted octanol–water partition coefficient (Wildman–Crippen LogP) is 16.4. The van der Waals surface area contributed by atoms with Gasteiger partial charge in [-0.1, -0.05) is 0 Å². The van der Waals surface area contributed by atoms with E-state index in [0.717, 1.165) is 89.0 Å². The number of hydrogen-bond donors (Lipinski definition) is 0. The molecule has 10 heteroatoms. The van der Waals surface area contributed by atoms with Crippen molar-refractivity contribution in [3.63, 3.8) is 0 Å². The van der Waals surface area contributed by atoms with Gasteiger partial charge in [0.05, 0.1) is 56.9 Å². The second kappa shape index (κ2) is 22.5. The van der Waals surface area contributed by atoms with Crippen LogP contribution in [-0.4, -0.2) is 49.8 Å². The van der Waals surface area contributed by atoms with Crippen LogP contribution in [-0.2, 0) is 32.1 Å². The monoisotopic (exact) mass is 1120 g/mol. The van der Waals surface area contributed by atoms with Crippen molar-refractivity contribution in [2.75, 3.05) is 0 Å². The van der Waals surface area contributed by atoms with Crippen LogP contribution in [0.4, 0.5) is 0 Å². The van der Waals surface area contributed by atoms with Gasteiger partial charge in [0, 0.05) is 119 Å². The molecule has 0 fully saturated rings. The second-order valence-electron chi connectivity index (χ2n) is 24.7. The molecule has 430 valence electrons. The minimum atomic E-state index is 0.935. The van der Waals surface area contributed by atoms with E-state index in [9.17, 15) is 0 Å². The number of aryl methyl sites for hydroxylation is 12. The average Bonchev–Trinajstić information content (AvgIpc) is 2.80. The summed E-state index contributed by atoms with van der Waals surface area (Å²) in [5.41, 5.74) is 49.8. The van der Waals surface area contributed by atoms with Crippen LogP contribution in [0.3, 0.4) is 0 Å². The van der Waals surface area contributed by atoms with Gasteiger partial charge in [-0.3, -0.25) is 49.8 Å². The Morgan fingerprint density at radius 2 is 0.694 bits per heavy atom. The molecule has 0 N–H and O–H groups in total. The predicted molar refractivity (Wildman–Crippen MR) is 346 cm³/mol. The van der Waals surface area contributed by atoms with Gasteiger partial charge < -0.3 is 0 Å². The van der Waals surface area contributed by atoms with Crippen LogP contribution in [0.15, 0.2) is 61.3 Å². The Morgan fingerprint density at radius 3 is 1.29 bits per heavy atom. The molecule has 0 saturated carbocycles. The zero-order valence-corrected chi connectivity index (χ0v) is 53.8. The van der Waals surface area contributed by atoms with Crippen molar-refractivity contribution < 1.29 is 0 Å². The molecule has 0 spiro atoms. The first-order valence-corrected chi connectivity index (χ1v) is 30.0. The smallest absolute Gasteiger partial charge is 0.0762 e. The first-order valence-electron chi connectivity index (χ1n) is 30.0. The Balaban J connectivity index is 0.000000111. The Hall–Kier alpha value is -8.50. The zero-order valence-electron chi connectivity index (χ0n) is 53.8. The number of pyridine rings is 10. The molecule has 10 aromatic heterocycles. The molecular formula is C75H80N10. The summed E-state index contributed by atoms with van der Waals surface area (Å²) in [7, 11) is 0. The van der Waals surface area contributed by atoms with Crippen molar-refractivity contribution in [1.29, 1.82) is 0 Å². The maximum atomic E-state index is 4.76. The molecule has 0 bridgehead atoms. The highest BCUT2D eigenvalue weighted by molar-refractivity contribution is 5.79. The second-order valence-corrected chi connectivity index (χ2v) is 24.7. The summed E-state index contributed by atoms with van der Waals surface area (Å²) in [6.45, 7) is 42.6. The lowest BCUT2D eigenvalue weighted by Crippen LogP contribution is -1.97. The fourth-order valence-corrected chi connectivity index (χ4v) is 12.8. The highest BCUT2D eigenvalue weighted by Crippen LogP contribution is 2.43. The van der Waals surface area contributed by atoms with Crippen molar-refractivity contribution in [2.24, 2.45) is 0 Å². The number of nitrogens with zero attached hydrogens (tertiary/aromatic N) is 10. The molecular weight excluding hydrogens is 1040 g/mol. The Kier molecular flexibility index (Phi) is 15.4. The molecule has 0 aliphatic heterocycles. The first kappa shape index (κ1) is 58.3. The minimum absolute atomic E-state index is 0.935. The van der Waals surface area contributed by atoms with Crippen LogP contribution < -0.4 is 0 Å². The average molecular weight is 1120 g/mol. The van der Waals surface area contributed by atoms with E-state index in [4.69, 9.17) is 15.0 Å². The summed E-state index contributed by atoms with van der Waals surface area (Å²) in [5.74, 6) is 0. The van der Waals surface area contributed by atoms with Gasteiger partial charge in [-0.05, 0) is 280 Å². The largest absolute Gasteiger partial charge is 0.260 e. The van der Waals surface area contributed by atoms with Gasteiger partial charge in [-0.25, -0.2) is 0 Å². The summed E-state index contributed by atoms with van der Waals surface area (Å²) in [4.78, 5) is 46.4. The van der Waals surface area contributed by atoms with Crippen molar-refractivity contribution in [3.8, 4) is 56.3 Å². The third-order valence-corrected chi connectivity index (χ3v) is 19.2.